The van der Waals surface area contributed by atoms with Crippen molar-refractivity contribution in [2.45, 2.75) is 58.5 Å². The molecule has 2 atom stereocenters. The number of rotatable bonds is 3. The Balaban J connectivity index is 2.09. The van der Waals surface area contributed by atoms with Crippen LogP contribution in [-0.4, -0.2) is 21.7 Å². The van der Waals surface area contributed by atoms with Gasteiger partial charge in [0, 0.05) is 12.6 Å². The topological polar surface area (TPSA) is 72.9 Å². The van der Waals surface area contributed by atoms with E-state index >= 15 is 0 Å². The van der Waals surface area contributed by atoms with E-state index in [4.69, 9.17) is 5.73 Å². The fraction of sp³-hybridized carbons (Fsp3) is 0.714. The van der Waals surface area contributed by atoms with Crippen LogP contribution in [0.5, 0.6) is 0 Å². The molecule has 5 heteroatoms. The van der Waals surface area contributed by atoms with Crippen molar-refractivity contribution < 1.29 is 4.79 Å². The van der Waals surface area contributed by atoms with Gasteiger partial charge >= 0.3 is 0 Å². The molecule has 1 aromatic heterocycles. The number of nitrogens with zero attached hydrogens (tertiary/aromatic N) is 2. The molecular weight excluding hydrogens is 240 g/mol. The zero-order chi connectivity index (χ0) is 13.8. The zero-order valence-corrected chi connectivity index (χ0v) is 11.9. The number of anilines is 1. The van der Waals surface area contributed by atoms with Crippen LogP contribution in [0.4, 0.5) is 5.69 Å². The summed E-state index contributed by atoms with van der Waals surface area (Å²) in [5.74, 6) is 0.446. The Morgan fingerprint density at radius 3 is 2.95 bits per heavy atom. The standard InChI is InChI=1S/C14H24N4O/c1-3-18-13(11(15)9-16-18)14(19)17-12-8-6-4-5-7-10(12)2/h9-10,12H,3-8,15H2,1-2H3,(H,17,19). The smallest absolute Gasteiger partial charge is 0.271 e. The predicted molar refractivity (Wildman–Crippen MR) is 75.8 cm³/mol. The van der Waals surface area contributed by atoms with E-state index in [0.717, 1.165) is 6.42 Å². The summed E-state index contributed by atoms with van der Waals surface area (Å²) in [4.78, 5) is 12.4. The van der Waals surface area contributed by atoms with Crippen molar-refractivity contribution in [1.82, 2.24) is 15.1 Å². The van der Waals surface area contributed by atoms with Crippen LogP contribution >= 0.6 is 0 Å². The summed E-state index contributed by atoms with van der Waals surface area (Å²) < 4.78 is 1.66. The van der Waals surface area contributed by atoms with E-state index in [-0.39, 0.29) is 11.9 Å². The number of hydrogen-bond donors (Lipinski definition) is 2. The number of carbonyl (C=O) groups is 1. The van der Waals surface area contributed by atoms with Crippen LogP contribution in [-0.2, 0) is 6.54 Å². The monoisotopic (exact) mass is 264 g/mol. The summed E-state index contributed by atoms with van der Waals surface area (Å²) in [7, 11) is 0. The lowest BCUT2D eigenvalue weighted by atomic mass is 9.97. The number of nitrogens with one attached hydrogen (secondary N) is 1. The third-order valence-electron chi connectivity index (χ3n) is 4.06. The van der Waals surface area contributed by atoms with Gasteiger partial charge in [0.15, 0.2) is 0 Å². The van der Waals surface area contributed by atoms with Gasteiger partial charge in [-0.3, -0.25) is 9.48 Å². The Morgan fingerprint density at radius 2 is 2.21 bits per heavy atom. The van der Waals surface area contributed by atoms with Gasteiger partial charge in [-0.05, 0) is 25.7 Å². The molecule has 1 amide bonds. The molecule has 1 aliphatic carbocycles. The number of nitrogen functional groups attached to an aromatic ring is 1. The molecule has 0 aliphatic heterocycles. The van der Waals surface area contributed by atoms with Gasteiger partial charge in [0.05, 0.1) is 11.9 Å². The van der Waals surface area contributed by atoms with E-state index in [0.29, 0.717) is 23.8 Å². The second kappa shape index (κ2) is 6.08. The molecule has 5 nitrogen and oxygen atoms in total. The van der Waals surface area contributed by atoms with Crippen molar-refractivity contribution in [3.8, 4) is 0 Å². The highest BCUT2D eigenvalue weighted by Gasteiger charge is 2.24. The van der Waals surface area contributed by atoms with E-state index in [2.05, 4.69) is 17.3 Å². The van der Waals surface area contributed by atoms with Crippen LogP contribution in [0.25, 0.3) is 0 Å². The molecule has 3 N–H and O–H groups in total. The molecule has 2 unspecified atom stereocenters. The Hall–Kier alpha value is -1.52. The SMILES string of the molecule is CCn1ncc(N)c1C(=O)NC1CCCCCC1C. The maximum atomic E-state index is 12.4. The summed E-state index contributed by atoms with van der Waals surface area (Å²) in [5, 5.41) is 7.26. The number of nitrogens with two attached hydrogens (primary N) is 1. The molecule has 1 fully saturated rings. The fourth-order valence-corrected chi connectivity index (χ4v) is 2.83. The van der Waals surface area contributed by atoms with Crippen LogP contribution in [0.1, 0.15) is 56.4 Å². The Morgan fingerprint density at radius 1 is 1.47 bits per heavy atom. The molecular formula is C14H24N4O. The largest absolute Gasteiger partial charge is 0.396 e. The van der Waals surface area contributed by atoms with Crippen molar-refractivity contribution in [1.29, 1.82) is 0 Å². The number of hydrogen-bond acceptors (Lipinski definition) is 3. The predicted octanol–water partition coefficient (Wildman–Crippen LogP) is 2.18. The average Bonchev–Trinajstić information content (AvgIpc) is 2.66. The van der Waals surface area contributed by atoms with E-state index in [1.807, 2.05) is 6.92 Å². The van der Waals surface area contributed by atoms with Gasteiger partial charge in [0.2, 0.25) is 0 Å². The highest BCUT2D eigenvalue weighted by Crippen LogP contribution is 2.23. The van der Waals surface area contributed by atoms with E-state index in [1.54, 1.807) is 10.9 Å². The van der Waals surface area contributed by atoms with E-state index in [9.17, 15) is 4.79 Å². The lowest BCUT2D eigenvalue weighted by Gasteiger charge is -2.23. The van der Waals surface area contributed by atoms with Crippen LogP contribution < -0.4 is 11.1 Å². The number of aryl methyl sites for hydroxylation is 1. The second-order valence-corrected chi connectivity index (χ2v) is 5.46. The first kappa shape index (κ1) is 13.9. The number of amides is 1. The molecule has 1 saturated carbocycles. The first-order valence-electron chi connectivity index (χ1n) is 7.25. The van der Waals surface area contributed by atoms with Crippen LogP contribution in [0.15, 0.2) is 6.20 Å². The van der Waals surface area contributed by atoms with Crippen molar-refractivity contribution in [3.63, 3.8) is 0 Å². The van der Waals surface area contributed by atoms with Crippen LogP contribution in [0.3, 0.4) is 0 Å². The minimum absolute atomic E-state index is 0.0874. The van der Waals surface area contributed by atoms with Crippen molar-refractivity contribution >= 4 is 11.6 Å². The lowest BCUT2D eigenvalue weighted by Crippen LogP contribution is -2.40. The van der Waals surface area contributed by atoms with E-state index < -0.39 is 0 Å². The maximum absolute atomic E-state index is 12.4. The molecule has 1 aliphatic rings. The number of carbonyl (C=O) groups excluding carboxylic acids is 1. The fourth-order valence-electron chi connectivity index (χ4n) is 2.83. The van der Waals surface area contributed by atoms with Gasteiger partial charge in [0.1, 0.15) is 5.69 Å². The summed E-state index contributed by atoms with van der Waals surface area (Å²) in [6, 6.07) is 0.259. The Kier molecular flexibility index (Phi) is 4.45. The molecule has 1 aromatic rings. The molecule has 0 radical (unpaired) electrons. The normalized spacial score (nSPS) is 23.9. The summed E-state index contributed by atoms with van der Waals surface area (Å²) in [6.07, 6.45) is 7.53. The molecule has 106 valence electrons. The van der Waals surface area contributed by atoms with Gasteiger partial charge in [-0.2, -0.15) is 5.10 Å². The van der Waals surface area contributed by atoms with Crippen LogP contribution in [0, 0.1) is 5.92 Å². The third-order valence-corrected chi connectivity index (χ3v) is 4.06. The van der Waals surface area contributed by atoms with Gasteiger partial charge in [0.25, 0.3) is 5.91 Å². The van der Waals surface area contributed by atoms with Gasteiger partial charge in [-0.15, -0.1) is 0 Å². The van der Waals surface area contributed by atoms with Crippen LogP contribution in [0.2, 0.25) is 0 Å². The van der Waals surface area contributed by atoms with Crippen molar-refractivity contribution in [2.24, 2.45) is 5.92 Å². The lowest BCUT2D eigenvalue weighted by molar-refractivity contribution is 0.0911. The second-order valence-electron chi connectivity index (χ2n) is 5.46. The molecule has 1 heterocycles. The summed E-state index contributed by atoms with van der Waals surface area (Å²) >= 11 is 0. The Bertz CT molecular complexity index is 441. The highest BCUT2D eigenvalue weighted by atomic mass is 16.2. The Labute approximate surface area is 114 Å². The van der Waals surface area contributed by atoms with Gasteiger partial charge in [-0.25, -0.2) is 0 Å². The molecule has 0 aromatic carbocycles. The minimum Gasteiger partial charge on any atom is -0.396 e. The van der Waals surface area contributed by atoms with Gasteiger partial charge < -0.3 is 11.1 Å². The average molecular weight is 264 g/mol. The molecule has 19 heavy (non-hydrogen) atoms. The first-order valence-corrected chi connectivity index (χ1v) is 7.25. The molecule has 2 rings (SSSR count). The van der Waals surface area contributed by atoms with E-state index in [1.165, 1.54) is 25.7 Å². The number of aromatic nitrogens is 2. The van der Waals surface area contributed by atoms with Gasteiger partial charge in [-0.1, -0.05) is 26.2 Å². The molecule has 0 spiro atoms. The summed E-state index contributed by atoms with van der Waals surface area (Å²) in [5.41, 5.74) is 6.80. The van der Waals surface area contributed by atoms with Crippen molar-refractivity contribution in [3.05, 3.63) is 11.9 Å². The molecule has 0 bridgehead atoms. The quantitative estimate of drug-likeness (QED) is 0.822. The maximum Gasteiger partial charge on any atom is 0.271 e. The molecule has 0 saturated heterocycles. The minimum atomic E-state index is -0.0874. The third kappa shape index (κ3) is 3.08. The zero-order valence-electron chi connectivity index (χ0n) is 11.9. The highest BCUT2D eigenvalue weighted by molar-refractivity contribution is 5.97. The first-order chi connectivity index (χ1) is 9.13. The van der Waals surface area contributed by atoms with Crippen molar-refractivity contribution in [2.75, 3.05) is 5.73 Å². The summed E-state index contributed by atoms with van der Waals surface area (Å²) in [6.45, 7) is 4.83.